The second kappa shape index (κ2) is 6.45. The van der Waals surface area contributed by atoms with Gasteiger partial charge in [-0.15, -0.1) is 0 Å². The van der Waals surface area contributed by atoms with Gasteiger partial charge in [0.25, 0.3) is 5.91 Å². The van der Waals surface area contributed by atoms with Crippen LogP contribution in [0.25, 0.3) is 0 Å². The van der Waals surface area contributed by atoms with Crippen LogP contribution in [-0.2, 0) is 9.53 Å². The van der Waals surface area contributed by atoms with E-state index >= 15 is 0 Å². The summed E-state index contributed by atoms with van der Waals surface area (Å²) in [4.78, 5) is 16.8. The Morgan fingerprint density at radius 2 is 2.10 bits per heavy atom. The SMILES string of the molecule is CN1CCN(c2cccc(NC(=O)C3CCCO3)c2)CC1. The molecule has 1 amide bonds. The molecule has 2 aliphatic heterocycles. The first-order chi connectivity index (χ1) is 10.2. The molecule has 3 rings (SSSR count). The lowest BCUT2D eigenvalue weighted by molar-refractivity contribution is -0.124. The van der Waals surface area contributed by atoms with Crippen molar-refractivity contribution >= 4 is 17.3 Å². The van der Waals surface area contributed by atoms with Gasteiger partial charge in [0.2, 0.25) is 0 Å². The topological polar surface area (TPSA) is 44.8 Å². The van der Waals surface area contributed by atoms with Gasteiger partial charge in [0.05, 0.1) is 0 Å². The van der Waals surface area contributed by atoms with E-state index in [1.807, 2.05) is 12.1 Å². The molecule has 1 aromatic carbocycles. The molecule has 0 bridgehead atoms. The Hall–Kier alpha value is -1.59. The molecule has 2 heterocycles. The van der Waals surface area contributed by atoms with Crippen LogP contribution in [0, 0.1) is 0 Å². The number of nitrogens with one attached hydrogen (secondary N) is 1. The summed E-state index contributed by atoms with van der Waals surface area (Å²) in [5, 5.41) is 2.97. The highest BCUT2D eigenvalue weighted by Gasteiger charge is 2.23. The van der Waals surface area contributed by atoms with Crippen LogP contribution >= 0.6 is 0 Å². The maximum atomic E-state index is 12.1. The molecule has 1 aromatic rings. The molecule has 5 nitrogen and oxygen atoms in total. The van der Waals surface area contributed by atoms with Crippen LogP contribution < -0.4 is 10.2 Å². The van der Waals surface area contributed by atoms with Crippen molar-refractivity contribution < 1.29 is 9.53 Å². The number of carbonyl (C=O) groups excluding carboxylic acids is 1. The van der Waals surface area contributed by atoms with Gasteiger partial charge >= 0.3 is 0 Å². The number of ether oxygens (including phenoxy) is 1. The Labute approximate surface area is 125 Å². The minimum atomic E-state index is -0.280. The highest BCUT2D eigenvalue weighted by atomic mass is 16.5. The Balaban J connectivity index is 1.64. The van der Waals surface area contributed by atoms with Gasteiger partial charge in [0.1, 0.15) is 6.10 Å². The molecule has 0 aromatic heterocycles. The van der Waals surface area contributed by atoms with Crippen LogP contribution in [0.3, 0.4) is 0 Å². The van der Waals surface area contributed by atoms with E-state index < -0.39 is 0 Å². The molecule has 1 N–H and O–H groups in total. The monoisotopic (exact) mass is 289 g/mol. The van der Waals surface area contributed by atoms with E-state index in [0.717, 1.165) is 44.7 Å². The number of rotatable bonds is 3. The summed E-state index contributed by atoms with van der Waals surface area (Å²) < 4.78 is 5.42. The summed E-state index contributed by atoms with van der Waals surface area (Å²) in [6, 6.07) is 8.09. The predicted octanol–water partition coefficient (Wildman–Crippen LogP) is 1.56. The summed E-state index contributed by atoms with van der Waals surface area (Å²) in [5.41, 5.74) is 2.03. The van der Waals surface area contributed by atoms with E-state index in [9.17, 15) is 4.79 Å². The molecule has 0 saturated carbocycles. The van der Waals surface area contributed by atoms with Gasteiger partial charge in [-0.05, 0) is 38.1 Å². The first-order valence-corrected chi connectivity index (χ1v) is 7.68. The van der Waals surface area contributed by atoms with Crippen molar-refractivity contribution in [1.82, 2.24) is 4.90 Å². The third-order valence-corrected chi connectivity index (χ3v) is 4.20. The van der Waals surface area contributed by atoms with E-state index in [-0.39, 0.29) is 12.0 Å². The summed E-state index contributed by atoms with van der Waals surface area (Å²) >= 11 is 0. The summed E-state index contributed by atoms with van der Waals surface area (Å²) in [6.07, 6.45) is 1.51. The van der Waals surface area contributed by atoms with Crippen molar-refractivity contribution in [3.63, 3.8) is 0 Å². The number of amides is 1. The third kappa shape index (κ3) is 3.54. The van der Waals surface area contributed by atoms with Crippen molar-refractivity contribution in [3.8, 4) is 0 Å². The maximum Gasteiger partial charge on any atom is 0.253 e. The lowest BCUT2D eigenvalue weighted by Crippen LogP contribution is -2.44. The standard InChI is InChI=1S/C16H23N3O2/c1-18-7-9-19(10-8-18)14-5-2-4-13(12-14)17-16(20)15-6-3-11-21-15/h2,4-5,12,15H,3,6-11H2,1H3,(H,17,20). The summed E-state index contributed by atoms with van der Waals surface area (Å²) in [5.74, 6) is -0.0250. The molecule has 1 atom stereocenters. The van der Waals surface area contributed by atoms with Crippen molar-refractivity contribution in [1.29, 1.82) is 0 Å². The van der Waals surface area contributed by atoms with Crippen LogP contribution in [-0.4, -0.2) is 56.7 Å². The Morgan fingerprint density at radius 3 is 2.81 bits per heavy atom. The largest absolute Gasteiger partial charge is 0.369 e. The molecule has 21 heavy (non-hydrogen) atoms. The normalized spacial score (nSPS) is 23.3. The van der Waals surface area contributed by atoms with Gasteiger partial charge in [-0.3, -0.25) is 4.79 Å². The Kier molecular flexibility index (Phi) is 4.41. The zero-order valence-electron chi connectivity index (χ0n) is 12.5. The average molecular weight is 289 g/mol. The lowest BCUT2D eigenvalue weighted by Gasteiger charge is -2.34. The van der Waals surface area contributed by atoms with Gasteiger partial charge in [-0.2, -0.15) is 0 Å². The van der Waals surface area contributed by atoms with Gasteiger partial charge in [-0.1, -0.05) is 6.07 Å². The number of likely N-dealkylation sites (N-methyl/N-ethyl adjacent to an activating group) is 1. The smallest absolute Gasteiger partial charge is 0.253 e. The van der Waals surface area contributed by atoms with Crippen LogP contribution in [0.1, 0.15) is 12.8 Å². The van der Waals surface area contributed by atoms with Crippen LogP contribution in [0.5, 0.6) is 0 Å². The number of hydrogen-bond donors (Lipinski definition) is 1. The fourth-order valence-corrected chi connectivity index (χ4v) is 2.85. The number of carbonyl (C=O) groups is 1. The first-order valence-electron chi connectivity index (χ1n) is 7.68. The molecule has 2 saturated heterocycles. The summed E-state index contributed by atoms with van der Waals surface area (Å²) in [7, 11) is 2.15. The van der Waals surface area contributed by atoms with E-state index in [1.165, 1.54) is 5.69 Å². The van der Waals surface area contributed by atoms with Crippen LogP contribution in [0.4, 0.5) is 11.4 Å². The van der Waals surface area contributed by atoms with Crippen molar-refractivity contribution in [2.75, 3.05) is 50.1 Å². The molecule has 5 heteroatoms. The number of anilines is 2. The second-order valence-electron chi connectivity index (χ2n) is 5.83. The molecular formula is C16H23N3O2. The molecule has 2 fully saturated rings. The minimum absolute atomic E-state index is 0.0250. The fraction of sp³-hybridized carbons (Fsp3) is 0.562. The van der Waals surface area contributed by atoms with Crippen LogP contribution in [0.15, 0.2) is 24.3 Å². The molecule has 2 aliphatic rings. The Morgan fingerprint density at radius 1 is 1.29 bits per heavy atom. The van der Waals surface area contributed by atoms with Crippen molar-refractivity contribution in [3.05, 3.63) is 24.3 Å². The molecule has 0 spiro atoms. The van der Waals surface area contributed by atoms with E-state index in [1.54, 1.807) is 0 Å². The average Bonchev–Trinajstić information content (AvgIpc) is 3.02. The van der Waals surface area contributed by atoms with Crippen molar-refractivity contribution in [2.24, 2.45) is 0 Å². The Bertz CT molecular complexity index is 492. The maximum absolute atomic E-state index is 12.1. The van der Waals surface area contributed by atoms with Gasteiger partial charge in [-0.25, -0.2) is 0 Å². The predicted molar refractivity (Wildman–Crippen MR) is 83.8 cm³/mol. The molecule has 0 radical (unpaired) electrons. The van der Waals surface area contributed by atoms with Gasteiger partial charge in [0.15, 0.2) is 0 Å². The van der Waals surface area contributed by atoms with Crippen molar-refractivity contribution in [2.45, 2.75) is 18.9 Å². The number of hydrogen-bond acceptors (Lipinski definition) is 4. The molecule has 114 valence electrons. The molecular weight excluding hydrogens is 266 g/mol. The van der Waals surface area contributed by atoms with Crippen LogP contribution in [0.2, 0.25) is 0 Å². The molecule has 1 unspecified atom stereocenters. The zero-order valence-corrected chi connectivity index (χ0v) is 12.5. The lowest BCUT2D eigenvalue weighted by atomic mass is 10.2. The fourth-order valence-electron chi connectivity index (χ4n) is 2.85. The minimum Gasteiger partial charge on any atom is -0.369 e. The van der Waals surface area contributed by atoms with E-state index in [2.05, 4.69) is 34.3 Å². The first kappa shape index (κ1) is 14.4. The van der Waals surface area contributed by atoms with Gasteiger partial charge in [0, 0.05) is 44.2 Å². The number of benzene rings is 1. The molecule has 0 aliphatic carbocycles. The van der Waals surface area contributed by atoms with E-state index in [0.29, 0.717) is 6.61 Å². The second-order valence-corrected chi connectivity index (χ2v) is 5.83. The zero-order chi connectivity index (χ0) is 14.7. The van der Waals surface area contributed by atoms with E-state index in [4.69, 9.17) is 4.74 Å². The number of nitrogens with zero attached hydrogens (tertiary/aromatic N) is 2. The summed E-state index contributed by atoms with van der Waals surface area (Å²) in [6.45, 7) is 4.90. The third-order valence-electron chi connectivity index (χ3n) is 4.20. The highest BCUT2D eigenvalue weighted by molar-refractivity contribution is 5.94. The number of piperazine rings is 1. The highest BCUT2D eigenvalue weighted by Crippen LogP contribution is 2.22. The quantitative estimate of drug-likeness (QED) is 0.917. The van der Waals surface area contributed by atoms with Gasteiger partial charge < -0.3 is 19.9 Å².